The zero-order valence-corrected chi connectivity index (χ0v) is 14.5. The predicted molar refractivity (Wildman–Crippen MR) is 96.6 cm³/mol. The Labute approximate surface area is 145 Å². The molecule has 0 aliphatic rings. The number of hydrogen-bond acceptors (Lipinski definition) is 4. The lowest BCUT2D eigenvalue weighted by molar-refractivity contribution is 0.0942. The summed E-state index contributed by atoms with van der Waals surface area (Å²) in [5, 5.41) is 7.21. The minimum Gasteiger partial charge on any atom is -0.350 e. The summed E-state index contributed by atoms with van der Waals surface area (Å²) in [6, 6.07) is 9.77. The Morgan fingerprint density at radius 2 is 2.08 bits per heavy atom. The van der Waals surface area contributed by atoms with E-state index in [1.165, 1.54) is 5.56 Å². The molecule has 0 aliphatic heterocycles. The molecule has 3 rings (SSSR count). The number of nitrogens with one attached hydrogen (secondary N) is 1. The summed E-state index contributed by atoms with van der Waals surface area (Å²) >= 11 is 1.67. The predicted octanol–water partition coefficient (Wildman–Crippen LogP) is 2.97. The van der Waals surface area contributed by atoms with Crippen LogP contribution in [0.5, 0.6) is 0 Å². The lowest BCUT2D eigenvalue weighted by Gasteiger charge is -2.24. The Bertz CT molecular complexity index is 764. The zero-order valence-electron chi connectivity index (χ0n) is 13.7. The number of aromatic nitrogens is 2. The summed E-state index contributed by atoms with van der Waals surface area (Å²) in [5.41, 5.74) is 2.86. The third-order valence-corrected chi connectivity index (χ3v) is 4.64. The van der Waals surface area contributed by atoms with E-state index in [1.54, 1.807) is 23.9 Å². The van der Waals surface area contributed by atoms with E-state index in [4.69, 9.17) is 0 Å². The van der Waals surface area contributed by atoms with Crippen molar-refractivity contribution < 1.29 is 4.79 Å². The standard InChI is InChI=1S/C18H20N4OS/c1-21(2)17(15-7-10-24-12-15)11-20-18(23)14-3-5-16(6-4-14)22-9-8-19-13-22/h3-10,12-13,17H,11H2,1-2H3,(H,20,23)/t17-/m0/s1. The average Bonchev–Trinajstić information content (AvgIpc) is 3.28. The zero-order chi connectivity index (χ0) is 16.9. The van der Waals surface area contributed by atoms with Crippen molar-refractivity contribution >= 4 is 17.2 Å². The lowest BCUT2D eigenvalue weighted by Crippen LogP contribution is -2.34. The van der Waals surface area contributed by atoms with Gasteiger partial charge < -0.3 is 14.8 Å². The summed E-state index contributed by atoms with van der Waals surface area (Å²) in [4.78, 5) is 18.5. The minimum absolute atomic E-state index is 0.0609. The second-order valence-electron chi connectivity index (χ2n) is 5.76. The van der Waals surface area contributed by atoms with Crippen LogP contribution in [0.4, 0.5) is 0 Å². The Kier molecular flexibility index (Phi) is 5.08. The van der Waals surface area contributed by atoms with Gasteiger partial charge in [0.2, 0.25) is 0 Å². The van der Waals surface area contributed by atoms with E-state index in [1.807, 2.05) is 49.1 Å². The summed E-state index contributed by atoms with van der Waals surface area (Å²) in [6.45, 7) is 0.575. The molecule has 0 bridgehead atoms. The van der Waals surface area contributed by atoms with Crippen LogP contribution in [-0.2, 0) is 0 Å². The topological polar surface area (TPSA) is 50.2 Å². The maximum atomic E-state index is 12.4. The van der Waals surface area contributed by atoms with Crippen molar-refractivity contribution in [1.82, 2.24) is 19.8 Å². The molecule has 2 heterocycles. The van der Waals surface area contributed by atoms with E-state index < -0.39 is 0 Å². The number of carbonyl (C=O) groups excluding carboxylic acids is 1. The maximum Gasteiger partial charge on any atom is 0.251 e. The van der Waals surface area contributed by atoms with E-state index in [0.29, 0.717) is 12.1 Å². The van der Waals surface area contributed by atoms with Gasteiger partial charge in [-0.3, -0.25) is 4.79 Å². The summed E-state index contributed by atoms with van der Waals surface area (Å²) in [5.74, 6) is -0.0609. The normalized spacial score (nSPS) is 12.3. The lowest BCUT2D eigenvalue weighted by atomic mass is 10.1. The summed E-state index contributed by atoms with van der Waals surface area (Å²) < 4.78 is 1.90. The second-order valence-corrected chi connectivity index (χ2v) is 6.54. The molecule has 1 N–H and O–H groups in total. The van der Waals surface area contributed by atoms with Gasteiger partial charge in [-0.1, -0.05) is 0 Å². The SMILES string of the molecule is CN(C)[C@@H](CNC(=O)c1ccc(-n2ccnc2)cc1)c1ccsc1. The van der Waals surface area contributed by atoms with Crippen LogP contribution in [0.2, 0.25) is 0 Å². The molecule has 0 saturated heterocycles. The highest BCUT2D eigenvalue weighted by Gasteiger charge is 2.16. The van der Waals surface area contributed by atoms with E-state index in [0.717, 1.165) is 5.69 Å². The van der Waals surface area contributed by atoms with Crippen LogP contribution in [0.25, 0.3) is 5.69 Å². The van der Waals surface area contributed by atoms with Crippen molar-refractivity contribution in [3.63, 3.8) is 0 Å². The molecule has 124 valence electrons. The van der Waals surface area contributed by atoms with Crippen molar-refractivity contribution in [2.24, 2.45) is 0 Å². The van der Waals surface area contributed by atoms with Crippen LogP contribution in [0.1, 0.15) is 22.0 Å². The van der Waals surface area contributed by atoms with Gasteiger partial charge in [0.25, 0.3) is 5.91 Å². The maximum absolute atomic E-state index is 12.4. The van der Waals surface area contributed by atoms with Gasteiger partial charge in [-0.05, 0) is 60.8 Å². The van der Waals surface area contributed by atoms with Crippen molar-refractivity contribution in [1.29, 1.82) is 0 Å². The molecule has 2 aromatic heterocycles. The highest BCUT2D eigenvalue weighted by molar-refractivity contribution is 7.07. The van der Waals surface area contributed by atoms with Gasteiger partial charge in [-0.25, -0.2) is 4.98 Å². The van der Waals surface area contributed by atoms with Crippen LogP contribution in [0.3, 0.4) is 0 Å². The first-order chi connectivity index (χ1) is 11.6. The molecule has 5 nitrogen and oxygen atoms in total. The first-order valence-electron chi connectivity index (χ1n) is 7.70. The summed E-state index contributed by atoms with van der Waals surface area (Å²) in [7, 11) is 4.04. The smallest absolute Gasteiger partial charge is 0.251 e. The molecule has 24 heavy (non-hydrogen) atoms. The third kappa shape index (κ3) is 3.72. The Balaban J connectivity index is 1.64. The van der Waals surface area contributed by atoms with Gasteiger partial charge in [-0.2, -0.15) is 11.3 Å². The van der Waals surface area contributed by atoms with Gasteiger partial charge in [0.1, 0.15) is 0 Å². The fourth-order valence-electron chi connectivity index (χ4n) is 2.55. The number of carbonyl (C=O) groups is 1. The molecule has 0 unspecified atom stereocenters. The fourth-order valence-corrected chi connectivity index (χ4v) is 3.26. The van der Waals surface area contributed by atoms with Gasteiger partial charge in [0, 0.05) is 30.2 Å². The highest BCUT2D eigenvalue weighted by atomic mass is 32.1. The van der Waals surface area contributed by atoms with Crippen LogP contribution >= 0.6 is 11.3 Å². The van der Waals surface area contributed by atoms with Crippen molar-refractivity contribution in [3.8, 4) is 5.69 Å². The average molecular weight is 340 g/mol. The molecule has 0 spiro atoms. The number of imidazole rings is 1. The van der Waals surface area contributed by atoms with Gasteiger partial charge in [0.05, 0.1) is 12.4 Å². The highest BCUT2D eigenvalue weighted by Crippen LogP contribution is 2.20. The number of likely N-dealkylation sites (N-methyl/N-ethyl adjacent to an activating group) is 1. The first kappa shape index (κ1) is 16.4. The van der Waals surface area contributed by atoms with E-state index >= 15 is 0 Å². The molecule has 3 aromatic rings. The Morgan fingerprint density at radius 3 is 2.67 bits per heavy atom. The number of amides is 1. The van der Waals surface area contributed by atoms with Crippen molar-refractivity contribution in [2.75, 3.05) is 20.6 Å². The third-order valence-electron chi connectivity index (χ3n) is 3.94. The minimum atomic E-state index is -0.0609. The molecule has 1 atom stereocenters. The molecule has 0 aliphatic carbocycles. The second kappa shape index (κ2) is 7.42. The molecule has 0 saturated carbocycles. The first-order valence-corrected chi connectivity index (χ1v) is 8.64. The molecule has 1 amide bonds. The van der Waals surface area contributed by atoms with Crippen LogP contribution in [-0.4, -0.2) is 41.0 Å². The van der Waals surface area contributed by atoms with Gasteiger partial charge in [0.15, 0.2) is 0 Å². The van der Waals surface area contributed by atoms with Gasteiger partial charge in [-0.15, -0.1) is 0 Å². The number of rotatable bonds is 6. The Morgan fingerprint density at radius 1 is 1.29 bits per heavy atom. The largest absolute Gasteiger partial charge is 0.350 e. The number of nitrogens with zero attached hydrogens (tertiary/aromatic N) is 3. The quantitative estimate of drug-likeness (QED) is 0.750. The van der Waals surface area contributed by atoms with Crippen molar-refractivity contribution in [2.45, 2.75) is 6.04 Å². The number of thiophene rings is 1. The molecule has 1 aromatic carbocycles. The monoisotopic (exact) mass is 340 g/mol. The summed E-state index contributed by atoms with van der Waals surface area (Å²) in [6.07, 6.45) is 5.33. The van der Waals surface area contributed by atoms with Crippen LogP contribution in [0.15, 0.2) is 59.8 Å². The number of hydrogen-bond donors (Lipinski definition) is 1. The van der Waals surface area contributed by atoms with E-state index in [-0.39, 0.29) is 11.9 Å². The molecule has 6 heteroatoms. The van der Waals surface area contributed by atoms with E-state index in [9.17, 15) is 4.79 Å². The number of benzene rings is 1. The molecular formula is C18H20N4OS. The molecule has 0 radical (unpaired) electrons. The van der Waals surface area contributed by atoms with Crippen molar-refractivity contribution in [3.05, 3.63) is 70.9 Å². The van der Waals surface area contributed by atoms with Crippen LogP contribution in [0, 0.1) is 0 Å². The van der Waals surface area contributed by atoms with Crippen LogP contribution < -0.4 is 5.32 Å². The molecule has 0 fully saturated rings. The van der Waals surface area contributed by atoms with Gasteiger partial charge >= 0.3 is 0 Å². The molecular weight excluding hydrogens is 320 g/mol. The Hall–Kier alpha value is -2.44. The fraction of sp³-hybridized carbons (Fsp3) is 0.222. The van der Waals surface area contributed by atoms with E-state index in [2.05, 4.69) is 32.0 Å².